The second-order valence-corrected chi connectivity index (χ2v) is 20.4. The minimum atomic E-state index is -4.05. The molecule has 308 valence electrons. The summed E-state index contributed by atoms with van der Waals surface area (Å²) in [7, 11) is -4.63. The van der Waals surface area contributed by atoms with Crippen molar-refractivity contribution in [1.29, 1.82) is 0 Å². The lowest BCUT2D eigenvalue weighted by Gasteiger charge is -2.24. The molecular weight excluding hydrogens is 897 g/mol. The first-order valence-electron chi connectivity index (χ1n) is 16.6. The molecule has 21 heteroatoms. The lowest BCUT2D eigenvalue weighted by molar-refractivity contribution is 0.0286. The van der Waals surface area contributed by atoms with Crippen molar-refractivity contribution in [1.82, 2.24) is 30.2 Å². The summed E-state index contributed by atoms with van der Waals surface area (Å²) in [5, 5.41) is 3.31. The Labute approximate surface area is 358 Å². The molecular formula is C37H35Cl3F2N6O6S4. The standard InChI is InChI=1S/C21H21ClFN3O4S2.C16H13ClFN3O2S2.ClH/c1-21(2,3)30-20(27)26(4)12-13-10-16(15-6-5-9-24-18(15)23)19(31-13)32(28,29)14-7-8-17(22)25-11-14;1-19-8-10-7-13(12-3-2-6-20-15(12)18)16(24-10)25(22,23)11-4-5-14(17)21-9-11;/h5-11H,12H2,1-4H3;2-7,9,19H,8H2,1H3;1H. The molecule has 0 saturated heterocycles. The molecule has 0 radical (unpaired) electrons. The molecule has 0 saturated carbocycles. The van der Waals surface area contributed by atoms with Crippen LogP contribution in [0.5, 0.6) is 0 Å². The van der Waals surface area contributed by atoms with Crippen LogP contribution in [0.2, 0.25) is 10.3 Å². The van der Waals surface area contributed by atoms with E-state index in [0.717, 1.165) is 33.7 Å². The van der Waals surface area contributed by atoms with E-state index in [1.165, 1.54) is 73.0 Å². The highest BCUT2D eigenvalue weighted by molar-refractivity contribution is 7.94. The Morgan fingerprint density at radius 2 is 1.21 bits per heavy atom. The summed E-state index contributed by atoms with van der Waals surface area (Å²) in [5.41, 5.74) is -0.0584. The Kier molecular flexibility index (Phi) is 15.5. The van der Waals surface area contributed by atoms with E-state index in [9.17, 15) is 30.4 Å². The second-order valence-electron chi connectivity index (χ2n) is 13.0. The quantitative estimate of drug-likeness (QED) is 0.130. The number of aromatic nitrogens is 4. The highest BCUT2D eigenvalue weighted by atomic mass is 35.5. The predicted molar refractivity (Wildman–Crippen MR) is 222 cm³/mol. The van der Waals surface area contributed by atoms with Crippen molar-refractivity contribution in [2.45, 2.75) is 57.7 Å². The van der Waals surface area contributed by atoms with E-state index < -0.39 is 43.3 Å². The van der Waals surface area contributed by atoms with Gasteiger partial charge in [-0.15, -0.1) is 35.1 Å². The summed E-state index contributed by atoms with van der Waals surface area (Å²) >= 11 is 13.5. The Balaban J connectivity index is 0.000000259. The number of nitrogens with one attached hydrogen (secondary N) is 1. The zero-order valence-electron chi connectivity index (χ0n) is 31.2. The number of amides is 1. The van der Waals surface area contributed by atoms with Gasteiger partial charge in [-0.3, -0.25) is 0 Å². The average Bonchev–Trinajstić information content (AvgIpc) is 3.78. The molecule has 6 heterocycles. The van der Waals surface area contributed by atoms with Gasteiger partial charge in [-0.25, -0.2) is 41.6 Å². The van der Waals surface area contributed by atoms with Crippen LogP contribution in [-0.4, -0.2) is 67.5 Å². The fraction of sp³-hybridized carbons (Fsp3) is 0.216. The number of pyridine rings is 4. The number of sulfone groups is 2. The van der Waals surface area contributed by atoms with Crippen LogP contribution in [0.25, 0.3) is 22.3 Å². The monoisotopic (exact) mass is 930 g/mol. The fourth-order valence-electron chi connectivity index (χ4n) is 5.03. The van der Waals surface area contributed by atoms with Crippen molar-refractivity contribution in [2.24, 2.45) is 0 Å². The minimum Gasteiger partial charge on any atom is -0.444 e. The van der Waals surface area contributed by atoms with Gasteiger partial charge in [-0.05, 0) is 88.5 Å². The number of nitrogens with zero attached hydrogens (tertiary/aromatic N) is 5. The van der Waals surface area contributed by atoms with Gasteiger partial charge in [0.15, 0.2) is 0 Å². The largest absolute Gasteiger partial charge is 0.444 e. The van der Waals surface area contributed by atoms with E-state index >= 15 is 0 Å². The normalized spacial score (nSPS) is 11.6. The van der Waals surface area contributed by atoms with Gasteiger partial charge in [-0.2, -0.15) is 8.78 Å². The number of rotatable bonds is 10. The number of halogens is 5. The SMILES string of the molecule is CN(Cc1cc(-c2cccnc2F)c(S(=O)(=O)c2ccc(Cl)nc2)s1)C(=O)OC(C)(C)C.CNCc1cc(-c2cccnc2F)c(S(=O)(=O)c2ccc(Cl)nc2)s1.Cl. The first-order valence-corrected chi connectivity index (χ1v) is 22.0. The summed E-state index contributed by atoms with van der Waals surface area (Å²) < 4.78 is 86.7. The number of thiophene rings is 2. The molecule has 0 aliphatic rings. The summed E-state index contributed by atoms with van der Waals surface area (Å²) in [5.74, 6) is -1.52. The van der Waals surface area contributed by atoms with Crippen LogP contribution >= 0.6 is 58.3 Å². The molecule has 0 spiro atoms. The molecule has 6 aromatic heterocycles. The van der Waals surface area contributed by atoms with Gasteiger partial charge < -0.3 is 15.0 Å². The third-order valence-electron chi connectivity index (χ3n) is 7.56. The van der Waals surface area contributed by atoms with Crippen molar-refractivity contribution in [3.63, 3.8) is 0 Å². The van der Waals surface area contributed by atoms with Crippen molar-refractivity contribution in [3.05, 3.63) is 117 Å². The van der Waals surface area contributed by atoms with Crippen molar-refractivity contribution >= 4 is 84.1 Å². The Morgan fingerprint density at radius 3 is 1.60 bits per heavy atom. The second kappa shape index (κ2) is 19.3. The van der Waals surface area contributed by atoms with Gasteiger partial charge in [0.05, 0.1) is 16.3 Å². The van der Waals surface area contributed by atoms with Crippen molar-refractivity contribution < 1.29 is 35.1 Å². The summed E-state index contributed by atoms with van der Waals surface area (Å²) in [6, 6.07) is 14.7. The van der Waals surface area contributed by atoms with E-state index in [0.29, 0.717) is 11.4 Å². The third-order valence-corrected chi connectivity index (χ3v) is 14.8. The highest BCUT2D eigenvalue weighted by Gasteiger charge is 2.30. The van der Waals surface area contributed by atoms with Crippen LogP contribution in [0.15, 0.2) is 104 Å². The molecule has 6 rings (SSSR count). The first-order chi connectivity index (χ1) is 26.8. The smallest absolute Gasteiger partial charge is 0.410 e. The van der Waals surface area contributed by atoms with Crippen LogP contribution in [0.4, 0.5) is 13.6 Å². The maximum absolute atomic E-state index is 14.5. The summed E-state index contributed by atoms with van der Waals surface area (Å²) in [6.45, 7) is 5.78. The van der Waals surface area contributed by atoms with Gasteiger partial charge >= 0.3 is 6.09 Å². The molecule has 6 aromatic rings. The molecule has 0 fully saturated rings. The summed E-state index contributed by atoms with van der Waals surface area (Å²) in [6.07, 6.45) is 4.37. The van der Waals surface area contributed by atoms with Gasteiger partial charge in [0.1, 0.15) is 24.3 Å². The molecule has 12 nitrogen and oxygen atoms in total. The Morgan fingerprint density at radius 1 is 0.759 bits per heavy atom. The predicted octanol–water partition coefficient (Wildman–Crippen LogP) is 9.17. The number of hydrogen-bond acceptors (Lipinski definition) is 13. The number of hydrogen-bond donors (Lipinski definition) is 1. The molecule has 0 aromatic carbocycles. The fourth-order valence-corrected chi connectivity index (χ4v) is 11.4. The van der Waals surface area contributed by atoms with Gasteiger partial charge in [0.25, 0.3) is 0 Å². The molecule has 1 amide bonds. The van der Waals surface area contributed by atoms with Crippen LogP contribution in [0.3, 0.4) is 0 Å². The van der Waals surface area contributed by atoms with Crippen molar-refractivity contribution in [2.75, 3.05) is 14.1 Å². The Hall–Kier alpha value is -4.14. The number of carbonyl (C=O) groups is 1. The topological polar surface area (TPSA) is 161 Å². The zero-order valence-corrected chi connectivity index (χ0v) is 36.8. The minimum absolute atomic E-state index is 0. The maximum Gasteiger partial charge on any atom is 0.410 e. The van der Waals surface area contributed by atoms with Gasteiger partial charge in [0, 0.05) is 70.4 Å². The lowest BCUT2D eigenvalue weighted by Crippen LogP contribution is -2.33. The molecule has 0 unspecified atom stereocenters. The number of carbonyl (C=O) groups excluding carboxylic acids is 1. The zero-order chi connectivity index (χ0) is 41.7. The van der Waals surface area contributed by atoms with Crippen molar-refractivity contribution in [3.8, 4) is 22.3 Å². The molecule has 0 aliphatic heterocycles. The third kappa shape index (κ3) is 11.1. The summed E-state index contributed by atoms with van der Waals surface area (Å²) in [4.78, 5) is 29.8. The number of ether oxygens (including phenoxy) is 1. The van der Waals surface area contributed by atoms with Crippen LogP contribution in [-0.2, 0) is 37.5 Å². The first kappa shape index (κ1) is 46.5. The lowest BCUT2D eigenvalue weighted by atomic mass is 10.1. The van der Waals surface area contributed by atoms with E-state index in [-0.39, 0.29) is 69.7 Å². The molecule has 1 N–H and O–H groups in total. The molecule has 0 bridgehead atoms. The van der Waals surface area contributed by atoms with E-state index in [4.69, 9.17) is 27.9 Å². The highest BCUT2D eigenvalue weighted by Crippen LogP contribution is 2.41. The van der Waals surface area contributed by atoms with Gasteiger partial charge in [-0.1, -0.05) is 23.2 Å². The molecule has 0 aliphatic carbocycles. The average molecular weight is 932 g/mol. The maximum atomic E-state index is 14.5. The van der Waals surface area contributed by atoms with E-state index in [1.54, 1.807) is 46.0 Å². The molecule has 58 heavy (non-hydrogen) atoms. The van der Waals surface area contributed by atoms with E-state index in [2.05, 4.69) is 25.3 Å². The van der Waals surface area contributed by atoms with Crippen LogP contribution < -0.4 is 5.32 Å². The van der Waals surface area contributed by atoms with Crippen LogP contribution in [0.1, 0.15) is 30.5 Å². The Bertz CT molecular complexity index is 2610. The van der Waals surface area contributed by atoms with Gasteiger partial charge in [0.2, 0.25) is 31.6 Å². The molecule has 0 atom stereocenters. The van der Waals surface area contributed by atoms with Crippen LogP contribution in [0, 0.1) is 11.9 Å². The van der Waals surface area contributed by atoms with E-state index in [1.807, 2.05) is 0 Å².